The third-order valence-electron chi connectivity index (χ3n) is 3.96. The minimum atomic E-state index is -4.46. The summed E-state index contributed by atoms with van der Waals surface area (Å²) in [6.45, 7) is 0. The van der Waals surface area contributed by atoms with E-state index in [2.05, 4.69) is 20.2 Å². The van der Waals surface area contributed by atoms with Crippen LogP contribution in [-0.4, -0.2) is 27.0 Å². The van der Waals surface area contributed by atoms with Crippen molar-refractivity contribution in [3.05, 3.63) is 47.1 Å². The smallest absolute Gasteiger partial charge is 0.321 e. The van der Waals surface area contributed by atoms with Gasteiger partial charge in [-0.1, -0.05) is 6.07 Å². The molecule has 3 aromatic heterocycles. The molecule has 1 aliphatic heterocycles. The molecule has 0 N–H and O–H groups in total. The molecule has 0 amide bonds. The number of alkyl halides is 3. The quantitative estimate of drug-likeness (QED) is 0.571. The number of fused-ring (bicyclic) bond motifs is 1. The molecule has 0 spiro atoms. The largest absolute Gasteiger partial charge is 0.417 e. The molecule has 10 heteroatoms. The number of thiophene rings is 1. The van der Waals surface area contributed by atoms with Crippen molar-refractivity contribution in [3.63, 3.8) is 0 Å². The summed E-state index contributed by atoms with van der Waals surface area (Å²) < 4.78 is 39.6. The van der Waals surface area contributed by atoms with E-state index in [-0.39, 0.29) is 0 Å². The van der Waals surface area contributed by atoms with Gasteiger partial charge in [-0.3, -0.25) is 9.97 Å². The molecule has 4 rings (SSSR count). The van der Waals surface area contributed by atoms with E-state index in [1.165, 1.54) is 11.3 Å². The highest BCUT2D eigenvalue weighted by molar-refractivity contribution is 7.80. The highest BCUT2D eigenvalue weighted by atomic mass is 32.1. The maximum Gasteiger partial charge on any atom is 0.417 e. The van der Waals surface area contributed by atoms with Gasteiger partial charge in [0, 0.05) is 25.0 Å². The van der Waals surface area contributed by atoms with Crippen LogP contribution in [0.15, 0.2) is 46.9 Å². The normalized spacial score (nSPS) is 17.5. The fourth-order valence-corrected chi connectivity index (χ4v) is 4.11. The lowest BCUT2D eigenvalue weighted by Gasteiger charge is -2.17. The van der Waals surface area contributed by atoms with Crippen molar-refractivity contribution in [1.29, 1.82) is 0 Å². The van der Waals surface area contributed by atoms with E-state index >= 15 is 0 Å². The third-order valence-corrected chi connectivity index (χ3v) is 5.50. The summed E-state index contributed by atoms with van der Waals surface area (Å²) in [7, 11) is 1.74. The van der Waals surface area contributed by atoms with Crippen LogP contribution < -0.4 is 0 Å². The van der Waals surface area contributed by atoms with Crippen molar-refractivity contribution in [2.45, 2.75) is 12.3 Å². The topological polar surface area (TPSA) is 53.7 Å². The average molecular weight is 393 g/mol. The summed E-state index contributed by atoms with van der Waals surface area (Å²) in [5.41, 5.74) is 0.933. The lowest BCUT2D eigenvalue weighted by molar-refractivity contribution is -0.137. The number of rotatable bonds is 2. The monoisotopic (exact) mass is 393 g/mol. The molecular formula is C16H10F3N5S2. The molecule has 132 valence electrons. The second kappa shape index (κ2) is 6.06. The molecule has 4 heterocycles. The zero-order valence-corrected chi connectivity index (χ0v) is 14.9. The van der Waals surface area contributed by atoms with Crippen LogP contribution in [0.2, 0.25) is 0 Å². The minimum Gasteiger partial charge on any atom is -0.321 e. The number of nitrogens with zero attached hydrogens (tertiary/aromatic N) is 5. The highest BCUT2D eigenvalue weighted by Crippen LogP contribution is 2.45. The van der Waals surface area contributed by atoms with Crippen molar-refractivity contribution in [2.75, 3.05) is 7.05 Å². The van der Waals surface area contributed by atoms with Crippen LogP contribution in [0, 0.1) is 0 Å². The van der Waals surface area contributed by atoms with E-state index in [1.54, 1.807) is 30.3 Å². The van der Waals surface area contributed by atoms with Gasteiger partial charge in [-0.2, -0.15) is 18.3 Å². The van der Waals surface area contributed by atoms with Gasteiger partial charge in [-0.25, -0.2) is 0 Å². The molecule has 1 atom stereocenters. The number of hydrogen-bond donors (Lipinski definition) is 0. The summed E-state index contributed by atoms with van der Waals surface area (Å²) in [6, 6.07) is 6.47. The fraction of sp³-hybridized carbons (Fsp3) is 0.188. The Morgan fingerprint density at radius 1 is 1.23 bits per heavy atom. The maximum absolute atomic E-state index is 13.1. The van der Waals surface area contributed by atoms with E-state index in [9.17, 15) is 13.2 Å². The van der Waals surface area contributed by atoms with Gasteiger partial charge in [0.05, 0.1) is 26.4 Å². The molecular weight excluding hydrogens is 383 g/mol. The number of halogens is 3. The Bertz CT molecular complexity index is 1030. The molecule has 26 heavy (non-hydrogen) atoms. The summed E-state index contributed by atoms with van der Waals surface area (Å²) >= 11 is 6.31. The Morgan fingerprint density at radius 2 is 2.04 bits per heavy atom. The van der Waals surface area contributed by atoms with Crippen LogP contribution in [0.4, 0.5) is 13.2 Å². The van der Waals surface area contributed by atoms with E-state index in [0.717, 1.165) is 12.3 Å². The van der Waals surface area contributed by atoms with Gasteiger partial charge in [0.2, 0.25) is 5.11 Å². The first kappa shape index (κ1) is 17.0. The van der Waals surface area contributed by atoms with Crippen molar-refractivity contribution < 1.29 is 13.2 Å². The van der Waals surface area contributed by atoms with Crippen molar-refractivity contribution >= 4 is 38.9 Å². The van der Waals surface area contributed by atoms with Gasteiger partial charge in [0.15, 0.2) is 6.17 Å². The van der Waals surface area contributed by atoms with Gasteiger partial charge in [-0.15, -0.1) is 16.5 Å². The van der Waals surface area contributed by atoms with E-state index < -0.39 is 17.9 Å². The zero-order valence-electron chi connectivity index (χ0n) is 13.2. The number of hydrogen-bond acceptors (Lipinski definition) is 5. The fourth-order valence-electron chi connectivity index (χ4n) is 2.68. The standard InChI is InChI=1S/C16H10F3N5S2/c1-24-14(22-23-15(24)25)13-11(9-4-2-3-5-20-9)12-10(26-13)6-8(7-21-12)16(17,18)19/h2-7,14H,1H3. The second-order valence-corrected chi connectivity index (χ2v) is 7.06. The van der Waals surface area contributed by atoms with Crippen LogP contribution in [0.3, 0.4) is 0 Å². The SMILES string of the molecule is CN1C(=S)N=NC1c1sc2cc(C(F)(F)F)cnc2c1-c1ccccn1. The lowest BCUT2D eigenvalue weighted by atomic mass is 10.1. The number of pyridine rings is 2. The van der Waals surface area contributed by atoms with Crippen LogP contribution >= 0.6 is 23.6 Å². The molecule has 0 aromatic carbocycles. The van der Waals surface area contributed by atoms with Gasteiger partial charge in [0.1, 0.15) is 0 Å². The van der Waals surface area contributed by atoms with Crippen LogP contribution in [0.1, 0.15) is 16.6 Å². The Labute approximate surface area is 155 Å². The van der Waals surface area contributed by atoms with Crippen molar-refractivity contribution in [3.8, 4) is 11.3 Å². The van der Waals surface area contributed by atoms with Gasteiger partial charge in [0.25, 0.3) is 0 Å². The van der Waals surface area contributed by atoms with Crippen molar-refractivity contribution in [2.24, 2.45) is 10.2 Å². The predicted octanol–water partition coefficient (Wildman–Crippen LogP) is 5.06. The molecule has 0 aliphatic carbocycles. The first-order valence-corrected chi connectivity index (χ1v) is 8.67. The minimum absolute atomic E-state index is 0.323. The number of azo groups is 1. The van der Waals surface area contributed by atoms with Crippen LogP contribution in [0.5, 0.6) is 0 Å². The van der Waals surface area contributed by atoms with Gasteiger partial charge >= 0.3 is 6.18 Å². The van der Waals surface area contributed by atoms with Gasteiger partial charge < -0.3 is 4.90 Å². The Balaban J connectivity index is 1.97. The molecule has 0 fully saturated rings. The summed E-state index contributed by atoms with van der Waals surface area (Å²) in [5, 5.41) is 8.39. The second-order valence-electron chi connectivity index (χ2n) is 5.61. The third kappa shape index (κ3) is 2.74. The summed E-state index contributed by atoms with van der Waals surface area (Å²) in [5.74, 6) is 0. The van der Waals surface area contributed by atoms with E-state index in [0.29, 0.717) is 31.5 Å². The van der Waals surface area contributed by atoms with Gasteiger partial charge in [-0.05, 0) is 30.4 Å². The Kier molecular flexibility index (Phi) is 3.96. The molecule has 1 unspecified atom stereocenters. The van der Waals surface area contributed by atoms with Crippen molar-refractivity contribution in [1.82, 2.24) is 14.9 Å². The van der Waals surface area contributed by atoms with E-state index in [4.69, 9.17) is 12.2 Å². The molecule has 0 saturated heterocycles. The van der Waals surface area contributed by atoms with E-state index in [1.807, 2.05) is 6.07 Å². The highest BCUT2D eigenvalue weighted by Gasteiger charge is 2.34. The molecule has 0 bridgehead atoms. The first-order valence-electron chi connectivity index (χ1n) is 7.45. The van der Waals surface area contributed by atoms with Crippen LogP contribution in [-0.2, 0) is 6.18 Å². The van der Waals surface area contributed by atoms with Crippen LogP contribution in [0.25, 0.3) is 21.5 Å². The molecule has 1 aliphatic rings. The molecule has 5 nitrogen and oxygen atoms in total. The first-order chi connectivity index (χ1) is 12.4. The number of thiocarbonyl (C=S) groups is 1. The Hall–Kier alpha value is -2.46. The number of aromatic nitrogens is 2. The average Bonchev–Trinajstić information content (AvgIpc) is 3.14. The maximum atomic E-state index is 13.1. The summed E-state index contributed by atoms with van der Waals surface area (Å²) in [4.78, 5) is 10.8. The predicted molar refractivity (Wildman–Crippen MR) is 95.8 cm³/mol. The molecule has 3 aromatic rings. The molecule has 0 saturated carbocycles. The molecule has 0 radical (unpaired) electrons. The summed E-state index contributed by atoms with van der Waals surface area (Å²) in [6.07, 6.45) is -2.50. The zero-order chi connectivity index (χ0) is 18.5. The lowest BCUT2D eigenvalue weighted by Crippen LogP contribution is -2.21. The Morgan fingerprint density at radius 3 is 2.65 bits per heavy atom.